The van der Waals surface area contributed by atoms with Crippen molar-refractivity contribution in [3.05, 3.63) is 24.3 Å². The number of sulfonamides is 1. The van der Waals surface area contributed by atoms with Gasteiger partial charge in [0.1, 0.15) is 0 Å². The minimum Gasteiger partial charge on any atom is -0.332 e. The molecule has 1 fully saturated rings. The van der Waals surface area contributed by atoms with Gasteiger partial charge in [0, 0.05) is 25.2 Å². The lowest BCUT2D eigenvalue weighted by atomic mass is 9.86. The topological polar surface area (TPSA) is 78.5 Å². The van der Waals surface area contributed by atoms with Gasteiger partial charge >= 0.3 is 0 Å². The Labute approximate surface area is 174 Å². The van der Waals surface area contributed by atoms with Gasteiger partial charge in [-0.1, -0.05) is 46.0 Å². The number of nitrogens with one attached hydrogen (secondary N) is 2. The maximum absolute atomic E-state index is 12.5. The van der Waals surface area contributed by atoms with Crippen molar-refractivity contribution in [2.75, 3.05) is 18.4 Å². The zero-order valence-electron chi connectivity index (χ0n) is 16.7. The molecule has 0 bridgehead atoms. The number of amides is 1. The highest BCUT2D eigenvalue weighted by molar-refractivity contribution is 7.89. The van der Waals surface area contributed by atoms with Crippen LogP contribution in [0.15, 0.2) is 29.2 Å². The van der Waals surface area contributed by atoms with Crippen LogP contribution in [0.3, 0.4) is 0 Å². The molecule has 8 heteroatoms. The molecule has 2 rings (SSSR count). The Hall–Kier alpha value is -1.51. The molecule has 0 aliphatic heterocycles. The van der Waals surface area contributed by atoms with Crippen molar-refractivity contribution in [3.63, 3.8) is 0 Å². The summed E-state index contributed by atoms with van der Waals surface area (Å²) < 4.78 is 26.4. The summed E-state index contributed by atoms with van der Waals surface area (Å²) in [7, 11) is -3.48. The van der Waals surface area contributed by atoms with Gasteiger partial charge in [0.15, 0.2) is 5.11 Å². The number of nitrogens with zero attached hydrogens (tertiary/aromatic N) is 1. The van der Waals surface area contributed by atoms with Gasteiger partial charge in [-0.15, -0.1) is 0 Å². The predicted molar refractivity (Wildman–Crippen MR) is 117 cm³/mol. The van der Waals surface area contributed by atoms with Crippen LogP contribution in [0.5, 0.6) is 0 Å². The summed E-state index contributed by atoms with van der Waals surface area (Å²) in [6.45, 7) is 4.48. The fraction of sp³-hybridized carbons (Fsp3) is 0.600. The summed E-state index contributed by atoms with van der Waals surface area (Å²) in [5, 5.41) is 5.87. The van der Waals surface area contributed by atoms with Gasteiger partial charge < -0.3 is 10.6 Å². The van der Waals surface area contributed by atoms with Crippen LogP contribution in [0.2, 0.25) is 0 Å². The lowest BCUT2D eigenvalue weighted by Gasteiger charge is -2.21. The molecule has 0 heterocycles. The second kappa shape index (κ2) is 10.9. The zero-order valence-corrected chi connectivity index (χ0v) is 18.4. The van der Waals surface area contributed by atoms with E-state index in [1.165, 1.54) is 36.4 Å². The van der Waals surface area contributed by atoms with E-state index in [-0.39, 0.29) is 15.9 Å². The van der Waals surface area contributed by atoms with Crippen LogP contribution in [-0.4, -0.2) is 36.8 Å². The quantitative estimate of drug-likeness (QED) is 0.618. The molecule has 1 saturated carbocycles. The normalized spacial score (nSPS) is 15.4. The van der Waals surface area contributed by atoms with E-state index in [2.05, 4.69) is 10.6 Å². The molecule has 1 aromatic rings. The molecule has 0 aromatic heterocycles. The number of anilines is 1. The smallest absolute Gasteiger partial charge is 0.243 e. The molecule has 1 amide bonds. The third kappa shape index (κ3) is 6.53. The maximum atomic E-state index is 12.5. The fourth-order valence-corrected chi connectivity index (χ4v) is 5.28. The van der Waals surface area contributed by atoms with Crippen LogP contribution in [0.1, 0.15) is 58.8 Å². The monoisotopic (exact) mass is 425 g/mol. The summed E-state index contributed by atoms with van der Waals surface area (Å²) in [5.41, 5.74) is 0.635. The van der Waals surface area contributed by atoms with Crippen LogP contribution in [0.4, 0.5) is 5.69 Å². The lowest BCUT2D eigenvalue weighted by Crippen LogP contribution is -2.34. The van der Waals surface area contributed by atoms with Crippen molar-refractivity contribution in [2.45, 2.75) is 63.7 Å². The molecule has 156 valence electrons. The third-order valence-corrected chi connectivity index (χ3v) is 7.48. The summed E-state index contributed by atoms with van der Waals surface area (Å²) in [5.74, 6) is 0.574. The summed E-state index contributed by atoms with van der Waals surface area (Å²) in [4.78, 5) is 12.3. The van der Waals surface area contributed by atoms with Crippen molar-refractivity contribution < 1.29 is 13.2 Å². The standard InChI is InChI=1S/C20H31N3O3S2/c1-3-23(4-2)28(25,26)18-13-11-17(12-14-18)21-20(27)22-19(24)15-10-16-8-6-5-7-9-16/h11-14,16H,3-10,15H2,1-2H3,(H2,21,22,24,27). The van der Waals surface area contributed by atoms with E-state index in [0.717, 1.165) is 6.42 Å². The first kappa shape index (κ1) is 22.8. The number of thiocarbonyl (C=S) groups is 1. The van der Waals surface area contributed by atoms with Crippen molar-refractivity contribution in [2.24, 2.45) is 5.92 Å². The molecule has 6 nitrogen and oxygen atoms in total. The second-order valence-electron chi connectivity index (χ2n) is 7.16. The van der Waals surface area contributed by atoms with Crippen LogP contribution in [0, 0.1) is 5.92 Å². The second-order valence-corrected chi connectivity index (χ2v) is 9.50. The Bertz CT molecular complexity index is 753. The van der Waals surface area contributed by atoms with Gasteiger partial charge in [-0.25, -0.2) is 8.42 Å². The van der Waals surface area contributed by atoms with Crippen molar-refractivity contribution in [1.82, 2.24) is 9.62 Å². The summed E-state index contributed by atoms with van der Waals surface area (Å²) in [6.07, 6.45) is 7.68. The van der Waals surface area contributed by atoms with Crippen molar-refractivity contribution in [3.8, 4) is 0 Å². The van der Waals surface area contributed by atoms with Crippen LogP contribution in [0.25, 0.3) is 0 Å². The zero-order chi connectivity index (χ0) is 20.6. The first-order valence-electron chi connectivity index (χ1n) is 10.1. The Kier molecular flexibility index (Phi) is 8.85. The molecule has 0 saturated heterocycles. The van der Waals surface area contributed by atoms with Crippen LogP contribution >= 0.6 is 12.2 Å². The largest absolute Gasteiger partial charge is 0.332 e. The van der Waals surface area contributed by atoms with Gasteiger partial charge in [0.05, 0.1) is 4.90 Å². The SMILES string of the molecule is CCN(CC)S(=O)(=O)c1ccc(NC(=S)NC(=O)CCC2CCCCC2)cc1. The average molecular weight is 426 g/mol. The molecular weight excluding hydrogens is 394 g/mol. The number of carbonyl (C=O) groups excluding carboxylic acids is 1. The van der Waals surface area contributed by atoms with E-state index in [4.69, 9.17) is 12.2 Å². The summed E-state index contributed by atoms with van der Waals surface area (Å²) in [6, 6.07) is 6.39. The molecule has 1 aromatic carbocycles. The average Bonchev–Trinajstić information content (AvgIpc) is 2.68. The Morgan fingerprint density at radius 1 is 1.11 bits per heavy atom. The minimum absolute atomic E-state index is 0.0798. The molecule has 0 radical (unpaired) electrons. The number of carbonyl (C=O) groups is 1. The molecule has 1 aliphatic carbocycles. The Balaban J connectivity index is 1.84. The molecular formula is C20H31N3O3S2. The molecule has 0 unspecified atom stereocenters. The highest BCUT2D eigenvalue weighted by Gasteiger charge is 2.21. The van der Waals surface area contributed by atoms with Gasteiger partial charge in [0.2, 0.25) is 15.9 Å². The number of rotatable bonds is 8. The van der Waals surface area contributed by atoms with Crippen molar-refractivity contribution in [1.29, 1.82) is 0 Å². The predicted octanol–water partition coefficient (Wildman–Crippen LogP) is 3.89. The van der Waals surface area contributed by atoms with E-state index in [1.54, 1.807) is 24.3 Å². The highest BCUT2D eigenvalue weighted by Crippen LogP contribution is 2.27. The molecule has 28 heavy (non-hydrogen) atoms. The van der Waals surface area contributed by atoms with E-state index < -0.39 is 10.0 Å². The molecule has 0 spiro atoms. The Morgan fingerprint density at radius 2 is 1.71 bits per heavy atom. The van der Waals surface area contributed by atoms with E-state index >= 15 is 0 Å². The Morgan fingerprint density at radius 3 is 2.29 bits per heavy atom. The lowest BCUT2D eigenvalue weighted by molar-refractivity contribution is -0.120. The number of hydrogen-bond acceptors (Lipinski definition) is 4. The molecule has 0 atom stereocenters. The molecule has 1 aliphatic rings. The van der Waals surface area contributed by atoms with Gasteiger partial charge in [-0.3, -0.25) is 4.79 Å². The number of benzene rings is 1. The maximum Gasteiger partial charge on any atom is 0.243 e. The first-order valence-corrected chi connectivity index (χ1v) is 11.9. The highest BCUT2D eigenvalue weighted by atomic mass is 32.2. The third-order valence-electron chi connectivity index (χ3n) is 5.21. The van der Waals surface area contributed by atoms with E-state index in [1.807, 2.05) is 13.8 Å². The van der Waals surface area contributed by atoms with Crippen LogP contribution < -0.4 is 10.6 Å². The van der Waals surface area contributed by atoms with Crippen LogP contribution in [-0.2, 0) is 14.8 Å². The van der Waals surface area contributed by atoms with Gasteiger partial charge in [-0.2, -0.15) is 4.31 Å². The van der Waals surface area contributed by atoms with E-state index in [0.29, 0.717) is 31.1 Å². The number of hydrogen-bond donors (Lipinski definition) is 2. The molecule has 2 N–H and O–H groups in total. The van der Waals surface area contributed by atoms with Crippen molar-refractivity contribution >= 4 is 38.9 Å². The minimum atomic E-state index is -3.48. The first-order chi connectivity index (χ1) is 13.4. The van der Waals surface area contributed by atoms with E-state index in [9.17, 15) is 13.2 Å². The summed E-state index contributed by atoms with van der Waals surface area (Å²) >= 11 is 5.20. The fourth-order valence-electron chi connectivity index (χ4n) is 3.59. The van der Waals surface area contributed by atoms with Gasteiger partial charge in [-0.05, 0) is 48.8 Å². The van der Waals surface area contributed by atoms with Gasteiger partial charge in [0.25, 0.3) is 0 Å².